The molecule has 2 saturated heterocycles. The van der Waals surface area contributed by atoms with Gasteiger partial charge in [-0.05, 0) is 37.8 Å². The number of hydrogen-bond donors (Lipinski definition) is 0. The van der Waals surface area contributed by atoms with Gasteiger partial charge < -0.3 is 14.4 Å². The first kappa shape index (κ1) is 14.4. The van der Waals surface area contributed by atoms with Crippen LogP contribution in [0.1, 0.15) is 32.1 Å². The molecule has 4 nitrogen and oxygen atoms in total. The van der Waals surface area contributed by atoms with Crippen LogP contribution in [-0.4, -0.2) is 42.7 Å². The molecule has 0 unspecified atom stereocenters. The number of rotatable bonds is 5. The van der Waals surface area contributed by atoms with E-state index in [4.69, 9.17) is 9.47 Å². The molecule has 0 spiro atoms. The number of likely N-dealkylation sites (tertiary alicyclic amines) is 1. The van der Waals surface area contributed by atoms with Crippen LogP contribution in [0.3, 0.4) is 0 Å². The van der Waals surface area contributed by atoms with Crippen molar-refractivity contribution in [3.8, 4) is 5.75 Å². The van der Waals surface area contributed by atoms with Crippen LogP contribution < -0.4 is 4.74 Å². The van der Waals surface area contributed by atoms with Crippen molar-refractivity contribution >= 4 is 5.91 Å². The Morgan fingerprint density at radius 1 is 1.24 bits per heavy atom. The molecule has 21 heavy (non-hydrogen) atoms. The first-order valence-electron chi connectivity index (χ1n) is 7.93. The Balaban J connectivity index is 1.48. The molecule has 1 amide bonds. The molecule has 0 aliphatic carbocycles. The largest absolute Gasteiger partial charge is 0.493 e. The summed E-state index contributed by atoms with van der Waals surface area (Å²) in [6, 6.07) is 9.94. The first-order valence-corrected chi connectivity index (χ1v) is 7.93. The average Bonchev–Trinajstić information content (AvgIpc) is 3.19. The van der Waals surface area contributed by atoms with Gasteiger partial charge in [0.05, 0.1) is 25.2 Å². The van der Waals surface area contributed by atoms with E-state index in [2.05, 4.69) is 0 Å². The molecule has 1 aromatic carbocycles. The standard InChI is InChI=1S/C17H23NO3/c19-17(10-13-20-14-6-2-1-3-7-14)18-11-4-8-15(18)16-9-5-12-21-16/h1-3,6-7,15-16H,4-5,8-13H2/t15-,16-/m0/s1. The van der Waals surface area contributed by atoms with Crippen molar-refractivity contribution in [2.75, 3.05) is 19.8 Å². The highest BCUT2D eigenvalue weighted by molar-refractivity contribution is 5.77. The predicted molar refractivity (Wildman–Crippen MR) is 80.3 cm³/mol. The summed E-state index contributed by atoms with van der Waals surface area (Å²) >= 11 is 0. The van der Waals surface area contributed by atoms with E-state index in [-0.39, 0.29) is 18.1 Å². The molecule has 2 aliphatic rings. The lowest BCUT2D eigenvalue weighted by molar-refractivity contribution is -0.134. The van der Waals surface area contributed by atoms with Crippen LogP contribution in [-0.2, 0) is 9.53 Å². The Labute approximate surface area is 126 Å². The van der Waals surface area contributed by atoms with Gasteiger partial charge >= 0.3 is 0 Å². The second-order valence-electron chi connectivity index (χ2n) is 5.76. The number of amides is 1. The third kappa shape index (κ3) is 3.56. The highest BCUT2D eigenvalue weighted by Gasteiger charge is 2.36. The van der Waals surface area contributed by atoms with E-state index in [1.807, 2.05) is 35.2 Å². The molecule has 2 aliphatic heterocycles. The second-order valence-corrected chi connectivity index (χ2v) is 5.76. The van der Waals surface area contributed by atoms with Crippen LogP contribution in [0.5, 0.6) is 5.75 Å². The van der Waals surface area contributed by atoms with Gasteiger partial charge in [0.1, 0.15) is 5.75 Å². The lowest BCUT2D eigenvalue weighted by Gasteiger charge is -2.29. The maximum absolute atomic E-state index is 12.4. The highest BCUT2D eigenvalue weighted by atomic mass is 16.5. The number of carbonyl (C=O) groups excluding carboxylic acids is 1. The highest BCUT2D eigenvalue weighted by Crippen LogP contribution is 2.28. The minimum absolute atomic E-state index is 0.198. The molecule has 0 N–H and O–H groups in total. The van der Waals surface area contributed by atoms with Crippen LogP contribution in [0, 0.1) is 0 Å². The third-order valence-electron chi connectivity index (χ3n) is 4.34. The van der Waals surface area contributed by atoms with Gasteiger partial charge in [-0.25, -0.2) is 0 Å². The minimum Gasteiger partial charge on any atom is -0.493 e. The molecule has 114 valence electrons. The van der Waals surface area contributed by atoms with Crippen LogP contribution in [0.25, 0.3) is 0 Å². The summed E-state index contributed by atoms with van der Waals surface area (Å²) < 4.78 is 11.4. The zero-order chi connectivity index (χ0) is 14.5. The van der Waals surface area contributed by atoms with Gasteiger partial charge in [0.2, 0.25) is 5.91 Å². The van der Waals surface area contributed by atoms with Gasteiger partial charge in [-0.3, -0.25) is 4.79 Å². The number of carbonyl (C=O) groups is 1. The quantitative estimate of drug-likeness (QED) is 0.836. The fourth-order valence-corrected chi connectivity index (χ4v) is 3.31. The monoisotopic (exact) mass is 289 g/mol. The minimum atomic E-state index is 0.198. The lowest BCUT2D eigenvalue weighted by Crippen LogP contribution is -2.42. The van der Waals surface area contributed by atoms with Crippen molar-refractivity contribution < 1.29 is 14.3 Å². The molecule has 0 aromatic heterocycles. The Bertz CT molecular complexity index is 456. The zero-order valence-corrected chi connectivity index (χ0v) is 12.4. The molecule has 0 saturated carbocycles. The molecular formula is C17H23NO3. The Morgan fingerprint density at radius 2 is 2.10 bits per heavy atom. The Hall–Kier alpha value is -1.55. The van der Waals surface area contributed by atoms with E-state index >= 15 is 0 Å². The molecule has 0 bridgehead atoms. The van der Waals surface area contributed by atoms with Gasteiger partial charge in [-0.2, -0.15) is 0 Å². The van der Waals surface area contributed by atoms with Crippen molar-refractivity contribution in [2.24, 2.45) is 0 Å². The van der Waals surface area contributed by atoms with Crippen molar-refractivity contribution in [2.45, 2.75) is 44.2 Å². The van der Waals surface area contributed by atoms with Gasteiger partial charge in [0, 0.05) is 13.2 Å². The lowest BCUT2D eigenvalue weighted by atomic mass is 10.1. The fraction of sp³-hybridized carbons (Fsp3) is 0.588. The van der Waals surface area contributed by atoms with Crippen LogP contribution >= 0.6 is 0 Å². The van der Waals surface area contributed by atoms with Gasteiger partial charge in [-0.15, -0.1) is 0 Å². The second kappa shape index (κ2) is 6.94. The van der Waals surface area contributed by atoms with E-state index in [0.29, 0.717) is 13.0 Å². The first-order chi connectivity index (χ1) is 10.3. The topological polar surface area (TPSA) is 38.8 Å². The van der Waals surface area contributed by atoms with E-state index in [0.717, 1.165) is 44.6 Å². The number of benzene rings is 1. The summed E-state index contributed by atoms with van der Waals surface area (Å²) in [5.41, 5.74) is 0. The summed E-state index contributed by atoms with van der Waals surface area (Å²) in [5, 5.41) is 0. The smallest absolute Gasteiger partial charge is 0.226 e. The molecule has 3 rings (SSSR count). The van der Waals surface area contributed by atoms with Crippen molar-refractivity contribution in [3.05, 3.63) is 30.3 Å². The number of hydrogen-bond acceptors (Lipinski definition) is 3. The molecule has 1 aromatic rings. The SMILES string of the molecule is O=C(CCOc1ccccc1)N1CCC[C@H]1[C@@H]1CCCO1. The molecular weight excluding hydrogens is 266 g/mol. The average molecular weight is 289 g/mol. The molecule has 2 heterocycles. The van der Waals surface area contributed by atoms with Gasteiger partial charge in [-0.1, -0.05) is 18.2 Å². The van der Waals surface area contributed by atoms with E-state index < -0.39 is 0 Å². The summed E-state index contributed by atoms with van der Waals surface area (Å²) in [6.07, 6.45) is 5.09. The van der Waals surface area contributed by atoms with Gasteiger partial charge in [0.15, 0.2) is 0 Å². The van der Waals surface area contributed by atoms with Crippen LogP contribution in [0.15, 0.2) is 30.3 Å². The molecule has 2 atom stereocenters. The molecule has 0 radical (unpaired) electrons. The van der Waals surface area contributed by atoms with E-state index in [1.165, 1.54) is 0 Å². The predicted octanol–water partition coefficient (Wildman–Crippen LogP) is 2.63. The van der Waals surface area contributed by atoms with E-state index in [1.54, 1.807) is 0 Å². The van der Waals surface area contributed by atoms with Crippen molar-refractivity contribution in [1.82, 2.24) is 4.90 Å². The normalized spacial score (nSPS) is 25.2. The van der Waals surface area contributed by atoms with Crippen molar-refractivity contribution in [3.63, 3.8) is 0 Å². The van der Waals surface area contributed by atoms with Gasteiger partial charge in [0.25, 0.3) is 0 Å². The van der Waals surface area contributed by atoms with Crippen molar-refractivity contribution in [1.29, 1.82) is 0 Å². The maximum atomic E-state index is 12.4. The Morgan fingerprint density at radius 3 is 2.86 bits per heavy atom. The number of ether oxygens (including phenoxy) is 2. The summed E-state index contributed by atoms with van der Waals surface area (Å²) in [4.78, 5) is 14.4. The molecule has 4 heteroatoms. The Kier molecular flexibility index (Phi) is 4.76. The summed E-state index contributed by atoms with van der Waals surface area (Å²) in [5.74, 6) is 1.02. The number of para-hydroxylation sites is 1. The number of nitrogens with zero attached hydrogens (tertiary/aromatic N) is 1. The summed E-state index contributed by atoms with van der Waals surface area (Å²) in [7, 11) is 0. The third-order valence-corrected chi connectivity index (χ3v) is 4.34. The summed E-state index contributed by atoms with van der Waals surface area (Å²) in [6.45, 7) is 2.16. The van der Waals surface area contributed by atoms with Crippen LogP contribution in [0.4, 0.5) is 0 Å². The van der Waals surface area contributed by atoms with E-state index in [9.17, 15) is 4.79 Å². The maximum Gasteiger partial charge on any atom is 0.226 e. The molecule has 2 fully saturated rings. The van der Waals surface area contributed by atoms with Crippen LogP contribution in [0.2, 0.25) is 0 Å². The zero-order valence-electron chi connectivity index (χ0n) is 12.4. The fourth-order valence-electron chi connectivity index (χ4n) is 3.31.